The average Bonchev–Trinajstić information content (AvgIpc) is 3.26. The quantitative estimate of drug-likeness (QED) is 0.853. The van der Waals surface area contributed by atoms with Crippen LogP contribution in [0.2, 0.25) is 0 Å². The topological polar surface area (TPSA) is 66.5 Å². The van der Waals surface area contributed by atoms with Gasteiger partial charge in [-0.25, -0.2) is 4.98 Å². The summed E-state index contributed by atoms with van der Waals surface area (Å²) in [6, 6.07) is 3.93. The molecule has 0 bridgehead atoms. The number of rotatable bonds is 6. The van der Waals surface area contributed by atoms with E-state index in [0.717, 1.165) is 37.8 Å². The van der Waals surface area contributed by atoms with Gasteiger partial charge in [-0.05, 0) is 26.0 Å². The zero-order valence-electron chi connectivity index (χ0n) is 15.2. The minimum absolute atomic E-state index is 0.0427. The van der Waals surface area contributed by atoms with Gasteiger partial charge >= 0.3 is 0 Å². The van der Waals surface area contributed by atoms with Gasteiger partial charge in [0.1, 0.15) is 11.6 Å². The monoisotopic (exact) mass is 345 g/mol. The first-order chi connectivity index (χ1) is 12.0. The van der Waals surface area contributed by atoms with Crippen molar-refractivity contribution >= 4 is 5.91 Å². The first kappa shape index (κ1) is 17.7. The van der Waals surface area contributed by atoms with Gasteiger partial charge in [-0.2, -0.15) is 0 Å². The summed E-state index contributed by atoms with van der Waals surface area (Å²) in [5.41, 5.74) is 0. The van der Waals surface area contributed by atoms with Crippen LogP contribution < -0.4 is 5.32 Å². The van der Waals surface area contributed by atoms with Gasteiger partial charge < -0.3 is 14.3 Å². The number of amides is 1. The Balaban J connectivity index is 1.49. The van der Waals surface area contributed by atoms with E-state index in [2.05, 4.69) is 31.6 Å². The third kappa shape index (κ3) is 4.29. The number of carbonyl (C=O) groups is 1. The first-order valence-corrected chi connectivity index (χ1v) is 8.79. The molecule has 2 aromatic heterocycles. The fourth-order valence-corrected chi connectivity index (χ4v) is 3.24. The molecule has 0 saturated carbocycles. The van der Waals surface area contributed by atoms with Gasteiger partial charge in [0, 0.05) is 45.1 Å². The molecule has 25 heavy (non-hydrogen) atoms. The van der Waals surface area contributed by atoms with Crippen LogP contribution in [0.25, 0.3) is 0 Å². The summed E-state index contributed by atoms with van der Waals surface area (Å²) in [6.07, 6.45) is 5.43. The number of aromatic nitrogens is 2. The molecule has 1 saturated heterocycles. The summed E-state index contributed by atoms with van der Waals surface area (Å²) in [5, 5.41) is 2.95. The molecule has 1 aliphatic heterocycles. The van der Waals surface area contributed by atoms with E-state index in [9.17, 15) is 4.79 Å². The van der Waals surface area contributed by atoms with Crippen LogP contribution in [0.15, 0.2) is 35.2 Å². The highest BCUT2D eigenvalue weighted by Gasteiger charge is 2.30. The Morgan fingerprint density at radius 2 is 2.32 bits per heavy atom. The molecule has 7 nitrogen and oxygen atoms in total. The van der Waals surface area contributed by atoms with E-state index in [0.29, 0.717) is 12.6 Å². The lowest BCUT2D eigenvalue weighted by Gasteiger charge is -2.41. The van der Waals surface area contributed by atoms with Crippen molar-refractivity contribution in [1.82, 2.24) is 24.7 Å². The maximum atomic E-state index is 12.4. The Morgan fingerprint density at radius 3 is 2.96 bits per heavy atom. The van der Waals surface area contributed by atoms with Gasteiger partial charge in [-0.1, -0.05) is 0 Å². The fourth-order valence-electron chi connectivity index (χ4n) is 3.24. The van der Waals surface area contributed by atoms with Crippen LogP contribution in [0.3, 0.4) is 0 Å². The number of imidazole rings is 1. The van der Waals surface area contributed by atoms with Gasteiger partial charge in [0.2, 0.25) is 5.91 Å². The highest BCUT2D eigenvalue weighted by Crippen LogP contribution is 2.15. The molecule has 136 valence electrons. The Kier molecular flexibility index (Phi) is 5.55. The van der Waals surface area contributed by atoms with Gasteiger partial charge in [0.25, 0.3) is 0 Å². The molecule has 0 radical (unpaired) electrons. The lowest BCUT2D eigenvalue weighted by molar-refractivity contribution is -0.127. The largest absolute Gasteiger partial charge is 0.467 e. The number of nitrogens with one attached hydrogen (secondary N) is 1. The maximum absolute atomic E-state index is 12.4. The predicted molar refractivity (Wildman–Crippen MR) is 94.7 cm³/mol. The zero-order valence-corrected chi connectivity index (χ0v) is 15.2. The molecule has 7 heteroatoms. The lowest BCUT2D eigenvalue weighted by Crippen LogP contribution is -2.57. The third-order valence-electron chi connectivity index (χ3n) is 5.01. The SMILES string of the molecule is C[C@@H]1CN([C@@H](C)C(=O)NCc2ccco2)CCN1Cc1nccn1C. The van der Waals surface area contributed by atoms with Crippen LogP contribution in [-0.2, 0) is 24.9 Å². The minimum Gasteiger partial charge on any atom is -0.467 e. The molecule has 0 unspecified atom stereocenters. The Morgan fingerprint density at radius 1 is 1.48 bits per heavy atom. The summed E-state index contributed by atoms with van der Waals surface area (Å²) in [4.78, 5) is 21.5. The molecule has 0 spiro atoms. The van der Waals surface area contributed by atoms with E-state index in [-0.39, 0.29) is 11.9 Å². The van der Waals surface area contributed by atoms with Gasteiger partial charge in [-0.15, -0.1) is 0 Å². The third-order valence-corrected chi connectivity index (χ3v) is 5.01. The second-order valence-electron chi connectivity index (χ2n) is 6.74. The molecule has 1 aliphatic rings. The van der Waals surface area contributed by atoms with Gasteiger partial charge in [0.15, 0.2) is 0 Å². The van der Waals surface area contributed by atoms with Crippen LogP contribution in [0.5, 0.6) is 0 Å². The van der Waals surface area contributed by atoms with Crippen molar-refractivity contribution in [2.75, 3.05) is 19.6 Å². The standard InChI is InChI=1S/C18H27N5O2/c1-14-12-23(9-8-22(14)13-17-19-6-7-21(17)3)15(2)18(24)20-11-16-5-4-10-25-16/h4-7,10,14-15H,8-9,11-13H2,1-3H3,(H,20,24)/t14-,15+/m1/s1. The Labute approximate surface area is 148 Å². The fraction of sp³-hybridized carbons (Fsp3) is 0.556. The molecule has 3 rings (SSSR count). The molecule has 0 aliphatic carbocycles. The van der Waals surface area contributed by atoms with Crippen molar-refractivity contribution in [2.45, 2.75) is 39.0 Å². The van der Waals surface area contributed by atoms with E-state index in [4.69, 9.17) is 4.42 Å². The highest BCUT2D eigenvalue weighted by molar-refractivity contribution is 5.81. The minimum atomic E-state index is -0.146. The number of furan rings is 1. The van der Waals surface area contributed by atoms with E-state index in [1.807, 2.05) is 38.5 Å². The molecule has 0 aromatic carbocycles. The zero-order chi connectivity index (χ0) is 17.8. The lowest BCUT2D eigenvalue weighted by atomic mass is 10.1. The second-order valence-corrected chi connectivity index (χ2v) is 6.74. The van der Waals surface area contributed by atoms with E-state index < -0.39 is 0 Å². The smallest absolute Gasteiger partial charge is 0.237 e. The van der Waals surface area contributed by atoms with Crippen molar-refractivity contribution in [1.29, 1.82) is 0 Å². The van der Waals surface area contributed by atoms with Crippen molar-refractivity contribution in [3.63, 3.8) is 0 Å². The molecule has 1 amide bonds. The van der Waals surface area contributed by atoms with Crippen molar-refractivity contribution in [3.05, 3.63) is 42.4 Å². The number of hydrogen-bond donors (Lipinski definition) is 1. The predicted octanol–water partition coefficient (Wildman–Crippen LogP) is 1.22. The Hall–Kier alpha value is -2.12. The summed E-state index contributed by atoms with van der Waals surface area (Å²) < 4.78 is 7.32. The Bertz CT molecular complexity index is 681. The van der Waals surface area contributed by atoms with E-state index >= 15 is 0 Å². The van der Waals surface area contributed by atoms with E-state index in [1.54, 1.807) is 6.26 Å². The number of nitrogens with zero attached hydrogens (tertiary/aromatic N) is 4. The summed E-state index contributed by atoms with van der Waals surface area (Å²) in [6.45, 7) is 8.15. The van der Waals surface area contributed by atoms with Gasteiger partial charge in [-0.3, -0.25) is 14.6 Å². The molecular weight excluding hydrogens is 318 g/mol. The van der Waals surface area contributed by atoms with Crippen LogP contribution in [0.4, 0.5) is 0 Å². The molecule has 1 fully saturated rings. The normalized spacial score (nSPS) is 20.5. The molecular formula is C18H27N5O2. The highest BCUT2D eigenvalue weighted by atomic mass is 16.3. The number of hydrogen-bond acceptors (Lipinski definition) is 5. The van der Waals surface area contributed by atoms with Gasteiger partial charge in [0.05, 0.1) is 25.4 Å². The summed E-state index contributed by atoms with van der Waals surface area (Å²) in [7, 11) is 2.02. The number of aryl methyl sites for hydroxylation is 1. The molecule has 2 atom stereocenters. The summed E-state index contributed by atoms with van der Waals surface area (Å²) >= 11 is 0. The van der Waals surface area contributed by atoms with Crippen LogP contribution in [-0.4, -0.2) is 57.0 Å². The van der Waals surface area contributed by atoms with Crippen molar-refractivity contribution in [3.8, 4) is 0 Å². The van der Waals surface area contributed by atoms with Crippen molar-refractivity contribution < 1.29 is 9.21 Å². The molecule has 3 heterocycles. The van der Waals surface area contributed by atoms with Crippen LogP contribution in [0.1, 0.15) is 25.4 Å². The molecule has 2 aromatic rings. The van der Waals surface area contributed by atoms with Crippen LogP contribution in [0, 0.1) is 0 Å². The first-order valence-electron chi connectivity index (χ1n) is 8.79. The molecule has 1 N–H and O–H groups in total. The number of piperazine rings is 1. The second kappa shape index (κ2) is 7.84. The van der Waals surface area contributed by atoms with E-state index in [1.165, 1.54) is 0 Å². The average molecular weight is 345 g/mol. The van der Waals surface area contributed by atoms with Crippen molar-refractivity contribution in [2.24, 2.45) is 7.05 Å². The maximum Gasteiger partial charge on any atom is 0.237 e. The number of carbonyl (C=O) groups excluding carboxylic acids is 1. The van der Waals surface area contributed by atoms with Crippen LogP contribution >= 0.6 is 0 Å². The summed E-state index contributed by atoms with van der Waals surface area (Å²) in [5.74, 6) is 1.89.